The van der Waals surface area contributed by atoms with Crippen LogP contribution < -0.4 is 0 Å². The molecule has 5 nitrogen and oxygen atoms in total. The van der Waals surface area contributed by atoms with E-state index in [1.165, 1.54) is 0 Å². The molecule has 0 spiro atoms. The maximum atomic E-state index is 11.9. The zero-order chi connectivity index (χ0) is 17.3. The van der Waals surface area contributed by atoms with Crippen molar-refractivity contribution in [2.75, 3.05) is 0 Å². The van der Waals surface area contributed by atoms with Crippen molar-refractivity contribution in [3.8, 4) is 11.4 Å². The van der Waals surface area contributed by atoms with Crippen molar-refractivity contribution < 1.29 is 14.7 Å². The number of nitrogens with zero attached hydrogens (tertiary/aromatic N) is 2. The number of hydrogen-bond donors (Lipinski definition) is 1. The minimum absolute atomic E-state index is 0.0436. The molecule has 3 rings (SSSR count). The molecule has 0 aliphatic carbocycles. The van der Waals surface area contributed by atoms with Gasteiger partial charge in [-0.3, -0.25) is 9.59 Å². The Kier molecular flexibility index (Phi) is 4.16. The lowest BCUT2D eigenvalue weighted by molar-refractivity contribution is -0.137. The van der Waals surface area contributed by atoms with Crippen LogP contribution >= 0.6 is 0 Å². The number of aryl methyl sites for hydroxylation is 1. The highest BCUT2D eigenvalue weighted by molar-refractivity contribution is 5.99. The SMILES string of the molecule is CCC(=O)c1ccc2c(c1)nc(-c1ccccc1C)n2CC(=O)O. The molecule has 122 valence electrons. The summed E-state index contributed by atoms with van der Waals surface area (Å²) in [5.74, 6) is -0.286. The topological polar surface area (TPSA) is 72.2 Å². The number of carboxylic acids is 1. The maximum absolute atomic E-state index is 11.9. The fourth-order valence-electron chi connectivity index (χ4n) is 2.83. The van der Waals surface area contributed by atoms with Gasteiger partial charge in [-0.2, -0.15) is 0 Å². The average molecular weight is 322 g/mol. The molecular weight excluding hydrogens is 304 g/mol. The average Bonchev–Trinajstić information content (AvgIpc) is 2.91. The van der Waals surface area contributed by atoms with Gasteiger partial charge in [0.1, 0.15) is 12.4 Å². The molecular formula is C19H18N2O3. The number of carbonyl (C=O) groups is 2. The van der Waals surface area contributed by atoms with Crippen LogP contribution in [0, 0.1) is 6.92 Å². The molecule has 3 aromatic rings. The first kappa shape index (κ1) is 15.9. The van der Waals surface area contributed by atoms with Gasteiger partial charge in [-0.05, 0) is 30.7 Å². The lowest BCUT2D eigenvalue weighted by atomic mass is 10.1. The second-order valence-electron chi connectivity index (χ2n) is 5.71. The van der Waals surface area contributed by atoms with Crippen molar-refractivity contribution in [3.63, 3.8) is 0 Å². The summed E-state index contributed by atoms with van der Waals surface area (Å²) in [5.41, 5.74) is 3.85. The highest BCUT2D eigenvalue weighted by Gasteiger charge is 2.17. The van der Waals surface area contributed by atoms with Gasteiger partial charge in [0.2, 0.25) is 0 Å². The van der Waals surface area contributed by atoms with E-state index in [4.69, 9.17) is 0 Å². The Morgan fingerprint density at radius 1 is 1.17 bits per heavy atom. The molecule has 2 aromatic carbocycles. The van der Waals surface area contributed by atoms with Crippen molar-refractivity contribution in [3.05, 3.63) is 53.6 Å². The molecule has 5 heteroatoms. The first-order valence-electron chi connectivity index (χ1n) is 7.82. The van der Waals surface area contributed by atoms with Gasteiger partial charge in [-0.15, -0.1) is 0 Å². The summed E-state index contributed by atoms with van der Waals surface area (Å²) < 4.78 is 1.68. The highest BCUT2D eigenvalue weighted by atomic mass is 16.4. The molecule has 0 unspecified atom stereocenters. The monoisotopic (exact) mass is 322 g/mol. The van der Waals surface area contributed by atoms with E-state index in [-0.39, 0.29) is 12.3 Å². The van der Waals surface area contributed by atoms with Crippen LogP contribution in [0.4, 0.5) is 0 Å². The summed E-state index contributed by atoms with van der Waals surface area (Å²) in [6, 6.07) is 13.0. The smallest absolute Gasteiger partial charge is 0.323 e. The molecule has 0 atom stereocenters. The van der Waals surface area contributed by atoms with Crippen molar-refractivity contribution >= 4 is 22.8 Å². The van der Waals surface area contributed by atoms with Crippen LogP contribution in [0.1, 0.15) is 29.3 Å². The van der Waals surface area contributed by atoms with Crippen LogP contribution in [-0.4, -0.2) is 26.4 Å². The molecule has 1 N–H and O–H groups in total. The molecule has 0 saturated heterocycles. The Balaban J connectivity index is 2.25. The van der Waals surface area contributed by atoms with Gasteiger partial charge < -0.3 is 9.67 Å². The summed E-state index contributed by atoms with van der Waals surface area (Å²) >= 11 is 0. The van der Waals surface area contributed by atoms with Crippen molar-refractivity contribution in [1.29, 1.82) is 0 Å². The summed E-state index contributed by atoms with van der Waals surface area (Å²) in [6.45, 7) is 3.60. The Labute approximate surface area is 139 Å². The van der Waals surface area contributed by atoms with E-state index >= 15 is 0 Å². The van der Waals surface area contributed by atoms with Gasteiger partial charge in [0, 0.05) is 17.5 Å². The Morgan fingerprint density at radius 3 is 2.58 bits per heavy atom. The Morgan fingerprint density at radius 2 is 1.92 bits per heavy atom. The summed E-state index contributed by atoms with van der Waals surface area (Å²) in [4.78, 5) is 27.8. The number of aliphatic carboxylic acids is 1. The van der Waals surface area contributed by atoms with Crippen LogP contribution in [0.25, 0.3) is 22.4 Å². The minimum atomic E-state index is -0.933. The zero-order valence-electron chi connectivity index (χ0n) is 13.6. The number of carboxylic acid groups (broad SMARTS) is 1. The predicted molar refractivity (Wildman–Crippen MR) is 92.2 cm³/mol. The molecule has 0 aliphatic rings. The molecule has 0 saturated carbocycles. The first-order valence-corrected chi connectivity index (χ1v) is 7.82. The van der Waals surface area contributed by atoms with Gasteiger partial charge in [-0.1, -0.05) is 31.2 Å². The van der Waals surface area contributed by atoms with Crippen molar-refractivity contribution in [2.24, 2.45) is 0 Å². The molecule has 0 fully saturated rings. The van der Waals surface area contributed by atoms with Gasteiger partial charge in [0.05, 0.1) is 11.0 Å². The summed E-state index contributed by atoms with van der Waals surface area (Å²) in [6.07, 6.45) is 0.423. The largest absolute Gasteiger partial charge is 0.480 e. The number of fused-ring (bicyclic) bond motifs is 1. The van der Waals surface area contributed by atoms with Gasteiger partial charge >= 0.3 is 5.97 Å². The lowest BCUT2D eigenvalue weighted by Crippen LogP contribution is -2.10. The van der Waals surface area contributed by atoms with Gasteiger partial charge in [0.15, 0.2) is 5.78 Å². The fourth-order valence-corrected chi connectivity index (χ4v) is 2.83. The van der Waals surface area contributed by atoms with Crippen molar-refractivity contribution in [2.45, 2.75) is 26.8 Å². The molecule has 0 aliphatic heterocycles. The van der Waals surface area contributed by atoms with Crippen LogP contribution in [0.15, 0.2) is 42.5 Å². The van der Waals surface area contributed by atoms with E-state index < -0.39 is 5.97 Å². The quantitative estimate of drug-likeness (QED) is 0.727. The number of imidazole rings is 1. The van der Waals surface area contributed by atoms with Gasteiger partial charge in [0.25, 0.3) is 0 Å². The summed E-state index contributed by atoms with van der Waals surface area (Å²) in [5, 5.41) is 9.26. The second kappa shape index (κ2) is 6.28. The second-order valence-corrected chi connectivity index (χ2v) is 5.71. The maximum Gasteiger partial charge on any atom is 0.323 e. The molecule has 0 bridgehead atoms. The molecule has 24 heavy (non-hydrogen) atoms. The zero-order valence-corrected chi connectivity index (χ0v) is 13.6. The third-order valence-electron chi connectivity index (χ3n) is 4.07. The standard InChI is InChI=1S/C19H18N2O3/c1-3-17(22)13-8-9-16-15(10-13)20-19(21(16)11-18(23)24)14-7-5-4-6-12(14)2/h4-10H,3,11H2,1-2H3,(H,23,24). The third-order valence-corrected chi connectivity index (χ3v) is 4.07. The molecule has 1 aromatic heterocycles. The molecule has 1 heterocycles. The highest BCUT2D eigenvalue weighted by Crippen LogP contribution is 2.28. The van der Waals surface area contributed by atoms with E-state index in [0.717, 1.165) is 11.1 Å². The minimum Gasteiger partial charge on any atom is -0.480 e. The number of ketones is 1. The predicted octanol–water partition coefficient (Wildman–Crippen LogP) is 3.69. The number of hydrogen-bond acceptors (Lipinski definition) is 3. The van der Waals surface area contributed by atoms with E-state index in [1.54, 1.807) is 22.8 Å². The number of Topliss-reactive ketones (excluding diaryl/α,β-unsaturated/α-hetero) is 1. The number of aromatic nitrogens is 2. The van der Waals surface area contributed by atoms with Crippen LogP contribution in [-0.2, 0) is 11.3 Å². The van der Waals surface area contributed by atoms with Crippen LogP contribution in [0.5, 0.6) is 0 Å². The molecule has 0 amide bonds. The van der Waals surface area contributed by atoms with E-state index in [2.05, 4.69) is 4.98 Å². The lowest BCUT2D eigenvalue weighted by Gasteiger charge is -2.08. The van der Waals surface area contributed by atoms with Crippen molar-refractivity contribution in [1.82, 2.24) is 9.55 Å². The van der Waals surface area contributed by atoms with Crippen LogP contribution in [0.2, 0.25) is 0 Å². The van der Waals surface area contributed by atoms with E-state index in [0.29, 0.717) is 28.8 Å². The Bertz CT molecular complexity index is 941. The van der Waals surface area contributed by atoms with Gasteiger partial charge in [-0.25, -0.2) is 4.98 Å². The number of benzene rings is 2. The number of rotatable bonds is 5. The normalized spacial score (nSPS) is 10.9. The summed E-state index contributed by atoms with van der Waals surface area (Å²) in [7, 11) is 0. The third kappa shape index (κ3) is 2.80. The van der Waals surface area contributed by atoms with E-state index in [9.17, 15) is 14.7 Å². The first-order chi connectivity index (χ1) is 11.5. The van der Waals surface area contributed by atoms with E-state index in [1.807, 2.05) is 38.1 Å². The Hall–Kier alpha value is -2.95. The number of carbonyl (C=O) groups excluding carboxylic acids is 1. The fraction of sp³-hybridized carbons (Fsp3) is 0.211. The molecule has 0 radical (unpaired) electrons. The van der Waals surface area contributed by atoms with Crippen LogP contribution in [0.3, 0.4) is 0 Å².